The van der Waals surface area contributed by atoms with Gasteiger partial charge in [0.2, 0.25) is 0 Å². The number of nitrogens with one attached hydrogen (secondary N) is 1. The van der Waals surface area contributed by atoms with Crippen molar-refractivity contribution in [3.63, 3.8) is 0 Å². The molecule has 0 heterocycles. The summed E-state index contributed by atoms with van der Waals surface area (Å²) in [5.74, 6) is 0.148. The van der Waals surface area contributed by atoms with Gasteiger partial charge in [-0.05, 0) is 49.4 Å². The summed E-state index contributed by atoms with van der Waals surface area (Å²) in [7, 11) is 0. The van der Waals surface area contributed by atoms with Gasteiger partial charge in [-0.25, -0.2) is 0 Å². The maximum Gasteiger partial charge on any atom is 0.303 e. The number of hydrogen-bond donors (Lipinski definition) is 2. The van der Waals surface area contributed by atoms with Crippen LogP contribution in [0.25, 0.3) is 0 Å². The Kier molecular flexibility index (Phi) is 3.48. The zero-order valence-electron chi connectivity index (χ0n) is 12.1. The molecule has 0 radical (unpaired) electrons. The van der Waals surface area contributed by atoms with E-state index in [4.69, 9.17) is 5.11 Å². The molecule has 3 heteroatoms. The first kappa shape index (κ1) is 13.9. The summed E-state index contributed by atoms with van der Waals surface area (Å²) in [4.78, 5) is 10.6. The predicted octanol–water partition coefficient (Wildman–Crippen LogP) is 3.04. The van der Waals surface area contributed by atoms with Crippen LogP contribution in [0.4, 0.5) is 0 Å². The van der Waals surface area contributed by atoms with Gasteiger partial charge in [-0.2, -0.15) is 0 Å². The van der Waals surface area contributed by atoms with E-state index in [-0.39, 0.29) is 6.42 Å². The molecule has 0 aromatic heterocycles. The summed E-state index contributed by atoms with van der Waals surface area (Å²) in [6.07, 6.45) is 4.94. The van der Waals surface area contributed by atoms with E-state index < -0.39 is 5.97 Å². The molecule has 0 amide bonds. The molecule has 4 unspecified atom stereocenters. The highest BCUT2D eigenvalue weighted by Gasteiger charge is 2.61. The molecule has 2 fully saturated rings. The lowest BCUT2D eigenvalue weighted by atomic mass is 9.69. The van der Waals surface area contributed by atoms with Gasteiger partial charge >= 0.3 is 5.97 Å². The van der Waals surface area contributed by atoms with Crippen molar-refractivity contribution in [2.75, 3.05) is 0 Å². The van der Waals surface area contributed by atoms with Crippen LogP contribution < -0.4 is 5.32 Å². The number of hydrogen-bond acceptors (Lipinski definition) is 2. The van der Waals surface area contributed by atoms with Crippen LogP contribution in [0.15, 0.2) is 0 Å². The highest BCUT2D eigenvalue weighted by Crippen LogP contribution is 2.65. The molecule has 3 nitrogen and oxygen atoms in total. The van der Waals surface area contributed by atoms with E-state index in [0.717, 1.165) is 12.3 Å². The van der Waals surface area contributed by atoms with Crippen molar-refractivity contribution in [1.82, 2.24) is 5.32 Å². The number of carboxylic acids is 1. The summed E-state index contributed by atoms with van der Waals surface area (Å²) in [6.45, 7) is 9.36. The fraction of sp³-hybridized carbons (Fsp3) is 0.933. The Morgan fingerprint density at radius 3 is 2.56 bits per heavy atom. The van der Waals surface area contributed by atoms with E-state index in [1.54, 1.807) is 0 Å². The molecule has 2 saturated carbocycles. The number of aliphatic carboxylic acids is 1. The molecule has 0 aliphatic heterocycles. The van der Waals surface area contributed by atoms with E-state index >= 15 is 0 Å². The maximum atomic E-state index is 10.6. The summed E-state index contributed by atoms with van der Waals surface area (Å²) in [6, 6.07) is 0.869. The number of carboxylic acid groups (broad SMARTS) is 1. The topological polar surface area (TPSA) is 49.3 Å². The molecule has 2 aliphatic rings. The largest absolute Gasteiger partial charge is 0.481 e. The third kappa shape index (κ3) is 2.07. The van der Waals surface area contributed by atoms with Crippen molar-refractivity contribution in [2.24, 2.45) is 16.7 Å². The minimum atomic E-state index is -0.692. The Bertz CT molecular complexity index is 339. The molecule has 0 spiro atoms. The van der Waals surface area contributed by atoms with E-state index in [0.29, 0.717) is 22.9 Å². The monoisotopic (exact) mass is 253 g/mol. The van der Waals surface area contributed by atoms with Gasteiger partial charge in [0.15, 0.2) is 0 Å². The molecule has 18 heavy (non-hydrogen) atoms. The number of fused-ring (bicyclic) bond motifs is 2. The van der Waals surface area contributed by atoms with E-state index in [9.17, 15) is 4.79 Å². The standard InChI is InChI=1S/C15H27NO2/c1-10(5-6-13(17)18)16-12-9-11-7-8-15(12,4)14(11,2)3/h10-12,16H,5-9H2,1-4H3,(H,17,18). The lowest BCUT2D eigenvalue weighted by molar-refractivity contribution is -0.137. The zero-order chi connectivity index (χ0) is 13.6. The Morgan fingerprint density at radius 2 is 2.11 bits per heavy atom. The van der Waals surface area contributed by atoms with Crippen LogP contribution in [0.5, 0.6) is 0 Å². The Labute approximate surface area is 110 Å². The molecule has 2 aliphatic carbocycles. The fourth-order valence-corrected chi connectivity index (χ4v) is 4.22. The van der Waals surface area contributed by atoms with Gasteiger partial charge in [0, 0.05) is 18.5 Å². The molecular weight excluding hydrogens is 226 g/mol. The van der Waals surface area contributed by atoms with Gasteiger partial charge in [-0.15, -0.1) is 0 Å². The second-order valence-electron chi connectivity index (χ2n) is 7.16. The van der Waals surface area contributed by atoms with Crippen molar-refractivity contribution >= 4 is 5.97 Å². The van der Waals surface area contributed by atoms with Crippen LogP contribution in [0.2, 0.25) is 0 Å². The van der Waals surface area contributed by atoms with Crippen LogP contribution in [0, 0.1) is 16.7 Å². The van der Waals surface area contributed by atoms with Crippen LogP contribution in [-0.4, -0.2) is 23.2 Å². The van der Waals surface area contributed by atoms with Crippen LogP contribution >= 0.6 is 0 Å². The first-order valence-corrected chi connectivity index (χ1v) is 7.25. The Morgan fingerprint density at radius 1 is 1.44 bits per heavy atom. The molecule has 2 rings (SSSR count). The Balaban J connectivity index is 1.94. The van der Waals surface area contributed by atoms with Crippen molar-refractivity contribution < 1.29 is 9.90 Å². The summed E-state index contributed by atoms with van der Waals surface area (Å²) in [5.41, 5.74) is 0.812. The summed E-state index contributed by atoms with van der Waals surface area (Å²) < 4.78 is 0. The van der Waals surface area contributed by atoms with Gasteiger partial charge in [0.25, 0.3) is 0 Å². The van der Waals surface area contributed by atoms with Crippen LogP contribution in [0.1, 0.15) is 59.8 Å². The SMILES string of the molecule is CC(CCC(=O)O)NC1CC2CCC1(C)C2(C)C. The quantitative estimate of drug-likeness (QED) is 0.791. The van der Waals surface area contributed by atoms with Gasteiger partial charge < -0.3 is 10.4 Å². The van der Waals surface area contributed by atoms with E-state index in [2.05, 4.69) is 33.0 Å². The molecule has 4 atom stereocenters. The highest BCUT2D eigenvalue weighted by molar-refractivity contribution is 5.66. The average Bonchev–Trinajstić information content (AvgIpc) is 2.59. The highest BCUT2D eigenvalue weighted by atomic mass is 16.4. The molecule has 0 aromatic carbocycles. The maximum absolute atomic E-state index is 10.6. The van der Waals surface area contributed by atoms with Crippen molar-refractivity contribution in [3.05, 3.63) is 0 Å². The first-order chi connectivity index (χ1) is 8.27. The average molecular weight is 253 g/mol. The van der Waals surface area contributed by atoms with Crippen LogP contribution in [-0.2, 0) is 4.79 Å². The summed E-state index contributed by atoms with van der Waals surface area (Å²) >= 11 is 0. The predicted molar refractivity (Wildman–Crippen MR) is 72.5 cm³/mol. The van der Waals surface area contributed by atoms with Crippen molar-refractivity contribution in [3.8, 4) is 0 Å². The fourth-order valence-electron chi connectivity index (χ4n) is 4.22. The Hall–Kier alpha value is -0.570. The number of rotatable bonds is 5. The van der Waals surface area contributed by atoms with Crippen molar-refractivity contribution in [2.45, 2.75) is 71.9 Å². The summed E-state index contributed by atoms with van der Waals surface area (Å²) in [5, 5.41) is 12.4. The smallest absolute Gasteiger partial charge is 0.303 e. The second-order valence-corrected chi connectivity index (χ2v) is 7.16. The molecule has 104 valence electrons. The van der Waals surface area contributed by atoms with Gasteiger partial charge in [-0.3, -0.25) is 4.79 Å². The van der Waals surface area contributed by atoms with Gasteiger partial charge in [-0.1, -0.05) is 20.8 Å². The lowest BCUT2D eigenvalue weighted by Gasteiger charge is -2.40. The van der Waals surface area contributed by atoms with Gasteiger partial charge in [0.1, 0.15) is 0 Å². The molecule has 2 bridgehead atoms. The van der Waals surface area contributed by atoms with Gasteiger partial charge in [0.05, 0.1) is 0 Å². The lowest BCUT2D eigenvalue weighted by Crippen LogP contribution is -2.47. The van der Waals surface area contributed by atoms with E-state index in [1.165, 1.54) is 19.3 Å². The third-order valence-corrected chi connectivity index (χ3v) is 6.07. The normalized spacial score (nSPS) is 38.9. The molecule has 0 aromatic rings. The molecular formula is C15H27NO2. The number of carbonyl (C=O) groups is 1. The molecule has 2 N–H and O–H groups in total. The van der Waals surface area contributed by atoms with Crippen molar-refractivity contribution in [1.29, 1.82) is 0 Å². The zero-order valence-corrected chi connectivity index (χ0v) is 12.1. The minimum absolute atomic E-state index is 0.268. The van der Waals surface area contributed by atoms with E-state index in [1.807, 2.05) is 0 Å². The third-order valence-electron chi connectivity index (χ3n) is 6.07. The van der Waals surface area contributed by atoms with Crippen LogP contribution in [0.3, 0.4) is 0 Å². The first-order valence-electron chi connectivity index (χ1n) is 7.25. The molecule has 0 saturated heterocycles. The second kappa shape index (κ2) is 4.52. The minimum Gasteiger partial charge on any atom is -0.481 e.